The summed E-state index contributed by atoms with van der Waals surface area (Å²) >= 11 is 0. The van der Waals surface area contributed by atoms with Crippen LogP contribution in [0.3, 0.4) is 0 Å². The van der Waals surface area contributed by atoms with E-state index in [9.17, 15) is 0 Å². The normalized spacial score (nSPS) is 16.1. The molecule has 19 heavy (non-hydrogen) atoms. The molecule has 0 spiro atoms. The molecule has 1 aromatic carbocycles. The summed E-state index contributed by atoms with van der Waals surface area (Å²) in [6.07, 6.45) is 4.53. The highest BCUT2D eigenvalue weighted by molar-refractivity contribution is 5.37. The lowest BCUT2D eigenvalue weighted by atomic mass is 9.98. The largest absolute Gasteiger partial charge is 0.490 e. The molecular weight excluding hydrogens is 236 g/mol. The average Bonchev–Trinajstić information content (AvgIpc) is 3.23. The Morgan fingerprint density at radius 3 is 2.84 bits per heavy atom. The van der Waals surface area contributed by atoms with Gasteiger partial charge in [0.15, 0.2) is 0 Å². The second kappa shape index (κ2) is 5.02. The molecule has 3 nitrogen and oxygen atoms in total. The van der Waals surface area contributed by atoms with Crippen molar-refractivity contribution in [2.45, 2.75) is 31.9 Å². The lowest BCUT2D eigenvalue weighted by molar-refractivity contribution is 0.303. The molecule has 0 amide bonds. The summed E-state index contributed by atoms with van der Waals surface area (Å²) in [4.78, 5) is 4.30. The number of nitrogens with zero attached hydrogens (tertiary/aromatic N) is 1. The van der Waals surface area contributed by atoms with Crippen molar-refractivity contribution in [3.05, 3.63) is 59.4 Å². The molecule has 3 heteroatoms. The van der Waals surface area contributed by atoms with Crippen LogP contribution in [-0.2, 0) is 0 Å². The Hall–Kier alpha value is -1.87. The number of hydrogen-bond acceptors (Lipinski definition) is 3. The Morgan fingerprint density at radius 2 is 2.11 bits per heavy atom. The Kier molecular flexibility index (Phi) is 3.22. The molecule has 1 atom stereocenters. The van der Waals surface area contributed by atoms with Gasteiger partial charge in [-0.1, -0.05) is 18.2 Å². The van der Waals surface area contributed by atoms with Gasteiger partial charge in [-0.15, -0.1) is 0 Å². The Labute approximate surface area is 113 Å². The Balaban J connectivity index is 1.86. The summed E-state index contributed by atoms with van der Waals surface area (Å²) < 4.78 is 5.81. The van der Waals surface area contributed by atoms with Crippen LogP contribution >= 0.6 is 0 Å². The van der Waals surface area contributed by atoms with Gasteiger partial charge in [-0.2, -0.15) is 0 Å². The number of pyridine rings is 1. The van der Waals surface area contributed by atoms with Gasteiger partial charge in [-0.3, -0.25) is 4.98 Å². The molecule has 1 aliphatic carbocycles. The maximum atomic E-state index is 6.34. The minimum absolute atomic E-state index is 0.156. The maximum absolute atomic E-state index is 6.34. The number of benzene rings is 1. The summed E-state index contributed by atoms with van der Waals surface area (Å²) in [6, 6.07) is 11.9. The quantitative estimate of drug-likeness (QED) is 0.912. The molecular formula is C16H18N2O. The highest BCUT2D eigenvalue weighted by Gasteiger charge is 2.23. The zero-order chi connectivity index (χ0) is 13.2. The molecule has 0 radical (unpaired) electrons. The minimum Gasteiger partial charge on any atom is -0.490 e. The fraction of sp³-hybridized carbons (Fsp3) is 0.312. The number of nitrogens with two attached hydrogens (primary N) is 1. The lowest BCUT2D eigenvalue weighted by Crippen LogP contribution is -2.14. The average molecular weight is 254 g/mol. The van der Waals surface area contributed by atoms with Gasteiger partial charge in [0.05, 0.1) is 12.1 Å². The van der Waals surface area contributed by atoms with E-state index in [0.29, 0.717) is 6.10 Å². The molecule has 1 fully saturated rings. The Bertz CT molecular complexity index is 578. The van der Waals surface area contributed by atoms with Crippen LogP contribution in [0, 0.1) is 6.92 Å². The predicted molar refractivity (Wildman–Crippen MR) is 75.1 cm³/mol. The van der Waals surface area contributed by atoms with Crippen molar-refractivity contribution in [2.75, 3.05) is 0 Å². The van der Waals surface area contributed by atoms with Crippen molar-refractivity contribution in [3.8, 4) is 5.75 Å². The third-order valence-electron chi connectivity index (χ3n) is 3.43. The zero-order valence-electron chi connectivity index (χ0n) is 11.0. The van der Waals surface area contributed by atoms with Gasteiger partial charge in [0, 0.05) is 11.9 Å². The smallest absolute Gasteiger partial charge is 0.120 e. The molecule has 1 aliphatic rings. The van der Waals surface area contributed by atoms with Crippen LogP contribution in [0.1, 0.15) is 35.7 Å². The van der Waals surface area contributed by atoms with E-state index in [0.717, 1.165) is 35.4 Å². The van der Waals surface area contributed by atoms with Gasteiger partial charge in [-0.25, -0.2) is 0 Å². The highest BCUT2D eigenvalue weighted by atomic mass is 16.5. The van der Waals surface area contributed by atoms with E-state index < -0.39 is 0 Å². The van der Waals surface area contributed by atoms with Crippen LogP contribution in [0.15, 0.2) is 42.6 Å². The first-order valence-corrected chi connectivity index (χ1v) is 6.68. The van der Waals surface area contributed by atoms with E-state index in [4.69, 9.17) is 10.5 Å². The van der Waals surface area contributed by atoms with E-state index >= 15 is 0 Å². The fourth-order valence-electron chi connectivity index (χ4n) is 2.16. The van der Waals surface area contributed by atoms with E-state index in [-0.39, 0.29) is 6.04 Å². The number of aryl methyl sites for hydroxylation is 1. The van der Waals surface area contributed by atoms with Crippen LogP contribution in [0.4, 0.5) is 0 Å². The van der Waals surface area contributed by atoms with Crippen LogP contribution in [0.25, 0.3) is 0 Å². The topological polar surface area (TPSA) is 48.1 Å². The molecule has 98 valence electrons. The third-order valence-corrected chi connectivity index (χ3v) is 3.43. The molecule has 0 bridgehead atoms. The number of hydrogen-bond donors (Lipinski definition) is 1. The Morgan fingerprint density at radius 1 is 1.26 bits per heavy atom. The molecule has 2 N–H and O–H groups in total. The van der Waals surface area contributed by atoms with Gasteiger partial charge in [0.2, 0.25) is 0 Å². The van der Waals surface area contributed by atoms with Crippen LogP contribution in [0.2, 0.25) is 0 Å². The van der Waals surface area contributed by atoms with Gasteiger partial charge in [-0.05, 0) is 49.1 Å². The van der Waals surface area contributed by atoms with Crippen molar-refractivity contribution in [1.82, 2.24) is 4.98 Å². The maximum Gasteiger partial charge on any atom is 0.120 e. The molecule has 1 aromatic heterocycles. The van der Waals surface area contributed by atoms with Crippen molar-refractivity contribution >= 4 is 0 Å². The molecule has 2 aromatic rings. The second-order valence-electron chi connectivity index (χ2n) is 5.05. The highest BCUT2D eigenvalue weighted by Crippen LogP contribution is 2.29. The fourth-order valence-corrected chi connectivity index (χ4v) is 2.16. The van der Waals surface area contributed by atoms with E-state index in [1.807, 2.05) is 43.3 Å². The van der Waals surface area contributed by atoms with Crippen molar-refractivity contribution in [2.24, 2.45) is 5.73 Å². The predicted octanol–water partition coefficient (Wildman–Crippen LogP) is 2.98. The molecule has 0 aliphatic heterocycles. The van der Waals surface area contributed by atoms with Crippen LogP contribution < -0.4 is 10.5 Å². The number of ether oxygens (including phenoxy) is 1. The first-order chi connectivity index (χ1) is 9.24. The SMILES string of the molecule is Cc1ncccc1C(N)c1cccc(OC2CC2)c1. The first-order valence-electron chi connectivity index (χ1n) is 6.68. The van der Waals surface area contributed by atoms with Crippen LogP contribution in [0.5, 0.6) is 5.75 Å². The van der Waals surface area contributed by atoms with Gasteiger partial charge in [0.1, 0.15) is 5.75 Å². The van der Waals surface area contributed by atoms with E-state index in [2.05, 4.69) is 4.98 Å². The van der Waals surface area contributed by atoms with Crippen molar-refractivity contribution < 1.29 is 4.74 Å². The van der Waals surface area contributed by atoms with Gasteiger partial charge >= 0.3 is 0 Å². The monoisotopic (exact) mass is 254 g/mol. The summed E-state index contributed by atoms with van der Waals surface area (Å²) in [5.74, 6) is 0.914. The van der Waals surface area contributed by atoms with Crippen molar-refractivity contribution in [1.29, 1.82) is 0 Å². The van der Waals surface area contributed by atoms with Gasteiger partial charge in [0.25, 0.3) is 0 Å². The third kappa shape index (κ3) is 2.76. The van der Waals surface area contributed by atoms with E-state index in [1.165, 1.54) is 0 Å². The van der Waals surface area contributed by atoms with E-state index in [1.54, 1.807) is 6.20 Å². The number of aromatic nitrogens is 1. The molecule has 1 saturated carbocycles. The molecule has 3 rings (SSSR count). The lowest BCUT2D eigenvalue weighted by Gasteiger charge is -2.15. The second-order valence-corrected chi connectivity index (χ2v) is 5.05. The molecule has 1 heterocycles. The minimum atomic E-state index is -0.156. The zero-order valence-corrected chi connectivity index (χ0v) is 11.0. The van der Waals surface area contributed by atoms with Gasteiger partial charge < -0.3 is 10.5 Å². The van der Waals surface area contributed by atoms with Crippen molar-refractivity contribution in [3.63, 3.8) is 0 Å². The first kappa shape index (κ1) is 12.2. The summed E-state index contributed by atoms with van der Waals surface area (Å²) in [6.45, 7) is 1.99. The molecule has 0 saturated heterocycles. The summed E-state index contributed by atoms with van der Waals surface area (Å²) in [5, 5.41) is 0. The summed E-state index contributed by atoms with van der Waals surface area (Å²) in [5.41, 5.74) is 9.44. The van der Waals surface area contributed by atoms with Crippen LogP contribution in [-0.4, -0.2) is 11.1 Å². The molecule has 1 unspecified atom stereocenters. The summed E-state index contributed by atoms with van der Waals surface area (Å²) in [7, 11) is 0. The standard InChI is InChI=1S/C16H18N2O/c1-11-15(6-3-9-18-11)16(17)12-4-2-5-14(10-12)19-13-7-8-13/h2-6,9-10,13,16H,7-8,17H2,1H3. The number of rotatable bonds is 4.